The molecule has 1 aliphatic rings. The summed E-state index contributed by atoms with van der Waals surface area (Å²) in [5, 5.41) is 0. The summed E-state index contributed by atoms with van der Waals surface area (Å²) in [5.74, 6) is 2.17. The second kappa shape index (κ2) is 8.90. The van der Waals surface area contributed by atoms with Crippen molar-refractivity contribution in [2.45, 2.75) is 59.0 Å². The van der Waals surface area contributed by atoms with E-state index < -0.39 is 0 Å². The third-order valence-electron chi connectivity index (χ3n) is 6.07. The van der Waals surface area contributed by atoms with Gasteiger partial charge in [-0.1, -0.05) is 30.3 Å². The van der Waals surface area contributed by atoms with Crippen LogP contribution < -0.4 is 4.74 Å². The number of carbonyl (C=O) groups excluding carboxylic acids is 1. The minimum Gasteiger partial charge on any atom is -0.493 e. The molecule has 1 amide bonds. The molecule has 1 saturated heterocycles. The van der Waals surface area contributed by atoms with Gasteiger partial charge in [-0.05, 0) is 62.8 Å². The quantitative estimate of drug-likeness (QED) is 0.508. The lowest BCUT2D eigenvalue weighted by Crippen LogP contribution is -2.30. The number of aryl methyl sites for hydroxylation is 3. The van der Waals surface area contributed by atoms with E-state index in [-0.39, 0.29) is 11.9 Å². The second-order valence-corrected chi connectivity index (χ2v) is 8.26. The molecule has 0 N–H and O–H groups in total. The summed E-state index contributed by atoms with van der Waals surface area (Å²) in [7, 11) is 0. The molecule has 1 aliphatic heterocycles. The van der Waals surface area contributed by atoms with Crippen LogP contribution in [0.2, 0.25) is 0 Å². The van der Waals surface area contributed by atoms with Crippen molar-refractivity contribution in [1.82, 2.24) is 14.5 Å². The Balaban J connectivity index is 1.46. The number of para-hydroxylation sites is 3. The minimum atomic E-state index is 0.0840. The lowest BCUT2D eigenvalue weighted by Gasteiger charge is -2.24. The first kappa shape index (κ1) is 20.5. The number of imidazole rings is 1. The third kappa shape index (κ3) is 4.07. The van der Waals surface area contributed by atoms with Gasteiger partial charge < -0.3 is 14.2 Å². The highest BCUT2D eigenvalue weighted by molar-refractivity contribution is 5.77. The number of fused-ring (bicyclic) bond motifs is 1. The van der Waals surface area contributed by atoms with Gasteiger partial charge in [-0.25, -0.2) is 4.98 Å². The zero-order valence-electron chi connectivity index (χ0n) is 18.2. The Hall–Kier alpha value is -2.82. The zero-order valence-corrected chi connectivity index (χ0v) is 18.2. The van der Waals surface area contributed by atoms with Crippen molar-refractivity contribution in [3.8, 4) is 5.75 Å². The fraction of sp³-hybridized carbons (Fsp3) is 0.440. The minimum absolute atomic E-state index is 0.0840. The molecule has 2 aromatic carbocycles. The SMILES string of the molecule is CC(=O)N1CCC[C@@H]1c1nc2ccccc2n1CCCCOc1c(C)cccc1C. The normalized spacial score (nSPS) is 16.4. The average Bonchev–Trinajstić information content (AvgIpc) is 3.34. The Bertz CT molecular complexity index is 1020. The lowest BCUT2D eigenvalue weighted by molar-refractivity contribution is -0.129. The highest BCUT2D eigenvalue weighted by Gasteiger charge is 2.31. The molecule has 5 heteroatoms. The van der Waals surface area contributed by atoms with Crippen molar-refractivity contribution >= 4 is 16.9 Å². The van der Waals surface area contributed by atoms with Gasteiger partial charge >= 0.3 is 0 Å². The van der Waals surface area contributed by atoms with E-state index in [0.717, 1.165) is 61.4 Å². The molecule has 0 spiro atoms. The predicted octanol–water partition coefficient (Wildman–Crippen LogP) is 5.20. The van der Waals surface area contributed by atoms with E-state index in [1.54, 1.807) is 6.92 Å². The van der Waals surface area contributed by atoms with Crippen molar-refractivity contribution in [2.24, 2.45) is 0 Å². The van der Waals surface area contributed by atoms with Crippen molar-refractivity contribution in [3.05, 3.63) is 59.4 Å². The molecule has 4 rings (SSSR count). The summed E-state index contributed by atoms with van der Waals surface area (Å²) in [5.41, 5.74) is 4.53. The van der Waals surface area contributed by atoms with Crippen LogP contribution in [0.4, 0.5) is 0 Å². The van der Waals surface area contributed by atoms with E-state index in [4.69, 9.17) is 9.72 Å². The standard InChI is InChI=1S/C25H31N3O2/c1-18-10-8-11-19(2)24(18)30-17-7-6-15-28-22-13-5-4-12-21(22)26-25(28)23-14-9-16-27(23)20(3)29/h4-5,8,10-13,23H,6-7,9,14-17H2,1-3H3/t23-/m1/s1. The number of hydrogen-bond acceptors (Lipinski definition) is 3. The maximum Gasteiger partial charge on any atom is 0.220 e. The largest absolute Gasteiger partial charge is 0.493 e. The summed E-state index contributed by atoms with van der Waals surface area (Å²) in [6.45, 7) is 8.26. The van der Waals surface area contributed by atoms with E-state index in [9.17, 15) is 4.79 Å². The van der Waals surface area contributed by atoms with Gasteiger partial charge in [0.2, 0.25) is 5.91 Å². The van der Waals surface area contributed by atoms with E-state index >= 15 is 0 Å². The molecule has 3 aromatic rings. The molecule has 30 heavy (non-hydrogen) atoms. The van der Waals surface area contributed by atoms with E-state index in [0.29, 0.717) is 6.61 Å². The highest BCUT2D eigenvalue weighted by atomic mass is 16.5. The first-order valence-electron chi connectivity index (χ1n) is 11.0. The summed E-state index contributed by atoms with van der Waals surface area (Å²) >= 11 is 0. The smallest absolute Gasteiger partial charge is 0.220 e. The van der Waals surface area contributed by atoms with Gasteiger partial charge in [0.1, 0.15) is 11.6 Å². The van der Waals surface area contributed by atoms with Gasteiger partial charge in [0.25, 0.3) is 0 Å². The number of ether oxygens (including phenoxy) is 1. The predicted molar refractivity (Wildman–Crippen MR) is 120 cm³/mol. The Kier molecular flexibility index (Phi) is 6.07. The first-order chi connectivity index (χ1) is 14.6. The summed E-state index contributed by atoms with van der Waals surface area (Å²) in [6.07, 6.45) is 4.00. The van der Waals surface area contributed by atoms with Crippen LogP contribution in [0.5, 0.6) is 5.75 Å². The number of amides is 1. The fourth-order valence-electron chi connectivity index (χ4n) is 4.57. The van der Waals surface area contributed by atoms with Gasteiger partial charge in [-0.15, -0.1) is 0 Å². The Morgan fingerprint density at radius 1 is 1.10 bits per heavy atom. The second-order valence-electron chi connectivity index (χ2n) is 8.26. The molecule has 0 aliphatic carbocycles. The van der Waals surface area contributed by atoms with Crippen molar-refractivity contribution in [3.63, 3.8) is 0 Å². The van der Waals surface area contributed by atoms with E-state index in [2.05, 4.69) is 54.8 Å². The number of unbranched alkanes of at least 4 members (excludes halogenated alkanes) is 1. The molecule has 2 heterocycles. The number of nitrogens with zero attached hydrogens (tertiary/aromatic N) is 3. The molecule has 1 fully saturated rings. The maximum absolute atomic E-state index is 12.1. The van der Waals surface area contributed by atoms with Crippen LogP contribution >= 0.6 is 0 Å². The lowest BCUT2D eigenvalue weighted by atomic mass is 10.1. The topological polar surface area (TPSA) is 47.4 Å². The van der Waals surface area contributed by atoms with Gasteiger partial charge in [0, 0.05) is 20.0 Å². The van der Waals surface area contributed by atoms with Crippen LogP contribution in [0.3, 0.4) is 0 Å². The molecule has 5 nitrogen and oxygen atoms in total. The number of carbonyl (C=O) groups is 1. The number of aromatic nitrogens is 2. The van der Waals surface area contributed by atoms with Crippen molar-refractivity contribution in [2.75, 3.05) is 13.2 Å². The summed E-state index contributed by atoms with van der Waals surface area (Å²) in [6, 6.07) is 14.6. The van der Waals surface area contributed by atoms with Crippen molar-refractivity contribution < 1.29 is 9.53 Å². The van der Waals surface area contributed by atoms with Crippen molar-refractivity contribution in [1.29, 1.82) is 0 Å². The molecule has 1 atom stereocenters. The zero-order chi connectivity index (χ0) is 21.1. The maximum atomic E-state index is 12.1. The van der Waals surface area contributed by atoms with Gasteiger partial charge in [-0.2, -0.15) is 0 Å². The summed E-state index contributed by atoms with van der Waals surface area (Å²) in [4.78, 5) is 19.0. The monoisotopic (exact) mass is 405 g/mol. The van der Waals surface area contributed by atoms with E-state index in [1.165, 1.54) is 11.1 Å². The van der Waals surface area contributed by atoms with Gasteiger partial charge in [-0.3, -0.25) is 4.79 Å². The molecular weight excluding hydrogens is 374 g/mol. The van der Waals surface area contributed by atoms with Crippen LogP contribution in [0.15, 0.2) is 42.5 Å². The molecule has 158 valence electrons. The van der Waals surface area contributed by atoms with E-state index in [1.807, 2.05) is 11.0 Å². The molecule has 0 saturated carbocycles. The number of rotatable bonds is 7. The van der Waals surface area contributed by atoms with Crippen LogP contribution in [0.1, 0.15) is 55.6 Å². The molecule has 0 bridgehead atoms. The fourth-order valence-corrected chi connectivity index (χ4v) is 4.57. The van der Waals surface area contributed by atoms with Crippen LogP contribution in [0.25, 0.3) is 11.0 Å². The molecule has 1 aromatic heterocycles. The van der Waals surface area contributed by atoms with Gasteiger partial charge in [0.15, 0.2) is 0 Å². The molecule has 0 radical (unpaired) electrons. The summed E-state index contributed by atoms with van der Waals surface area (Å²) < 4.78 is 8.39. The van der Waals surface area contributed by atoms with Crippen LogP contribution in [-0.4, -0.2) is 33.5 Å². The Morgan fingerprint density at radius 2 is 1.87 bits per heavy atom. The Morgan fingerprint density at radius 3 is 2.63 bits per heavy atom. The molecule has 0 unspecified atom stereocenters. The number of likely N-dealkylation sites (tertiary alicyclic amines) is 1. The average molecular weight is 406 g/mol. The third-order valence-corrected chi connectivity index (χ3v) is 6.07. The number of hydrogen-bond donors (Lipinski definition) is 0. The first-order valence-corrected chi connectivity index (χ1v) is 11.0. The van der Waals surface area contributed by atoms with Crippen LogP contribution in [0, 0.1) is 13.8 Å². The van der Waals surface area contributed by atoms with Gasteiger partial charge in [0.05, 0.1) is 23.7 Å². The van der Waals surface area contributed by atoms with Crippen LogP contribution in [-0.2, 0) is 11.3 Å². The number of benzene rings is 2. The molecular formula is C25H31N3O2. The highest BCUT2D eigenvalue weighted by Crippen LogP contribution is 2.33. The Labute approximate surface area is 178 Å².